The van der Waals surface area contributed by atoms with Gasteiger partial charge < -0.3 is 19.5 Å². The van der Waals surface area contributed by atoms with E-state index in [9.17, 15) is 9.59 Å². The zero-order valence-electron chi connectivity index (χ0n) is 12.9. The minimum atomic E-state index is -0.999. The zero-order valence-corrected chi connectivity index (χ0v) is 12.9. The number of ether oxygens (including phenoxy) is 3. The summed E-state index contributed by atoms with van der Waals surface area (Å²) in [6.45, 7) is 5.22. The molecule has 6 heteroatoms. The quantitative estimate of drug-likeness (QED) is 0.864. The molecule has 6 nitrogen and oxygen atoms in total. The van der Waals surface area contributed by atoms with E-state index in [4.69, 9.17) is 14.2 Å². The first-order chi connectivity index (χ1) is 9.78. The van der Waals surface area contributed by atoms with Gasteiger partial charge in [-0.05, 0) is 26.8 Å². The molecule has 116 valence electrons. The second-order valence-electron chi connectivity index (χ2n) is 5.34. The highest BCUT2D eigenvalue weighted by molar-refractivity contribution is 5.83. The van der Waals surface area contributed by atoms with E-state index in [1.165, 1.54) is 14.2 Å². The first kappa shape index (κ1) is 16.8. The van der Waals surface area contributed by atoms with Gasteiger partial charge in [-0.2, -0.15) is 0 Å². The smallest absolute Gasteiger partial charge is 0.408 e. The minimum Gasteiger partial charge on any atom is -0.496 e. The lowest BCUT2D eigenvalue weighted by Crippen LogP contribution is -2.38. The van der Waals surface area contributed by atoms with Gasteiger partial charge in [-0.15, -0.1) is 0 Å². The highest BCUT2D eigenvalue weighted by atomic mass is 16.6. The molecule has 0 aliphatic rings. The fourth-order valence-corrected chi connectivity index (χ4v) is 1.71. The summed E-state index contributed by atoms with van der Waals surface area (Å²) in [7, 11) is 2.74. The Bertz CT molecular complexity index is 507. The van der Waals surface area contributed by atoms with Gasteiger partial charge in [0.1, 0.15) is 11.4 Å². The number of amides is 1. The van der Waals surface area contributed by atoms with E-state index in [1.807, 2.05) is 0 Å². The van der Waals surface area contributed by atoms with Gasteiger partial charge in [-0.1, -0.05) is 18.2 Å². The van der Waals surface area contributed by atoms with E-state index < -0.39 is 23.7 Å². The lowest BCUT2D eigenvalue weighted by Gasteiger charge is -2.23. The molecule has 1 atom stereocenters. The number of alkyl carbamates (subject to hydrolysis) is 1. The number of carbonyl (C=O) groups excluding carboxylic acids is 2. The predicted octanol–water partition coefficient (Wildman–Crippen LogP) is 2.43. The maximum absolute atomic E-state index is 11.9. The first-order valence-corrected chi connectivity index (χ1v) is 6.48. The van der Waals surface area contributed by atoms with Gasteiger partial charge in [0.2, 0.25) is 0 Å². The van der Waals surface area contributed by atoms with Crippen molar-refractivity contribution >= 4 is 12.1 Å². The number of para-hydroxylation sites is 1. The van der Waals surface area contributed by atoms with Crippen molar-refractivity contribution in [1.29, 1.82) is 0 Å². The summed E-state index contributed by atoms with van der Waals surface area (Å²) in [5.41, 5.74) is -0.163. The summed E-state index contributed by atoms with van der Waals surface area (Å²) < 4.78 is 15.1. The van der Waals surface area contributed by atoms with Crippen molar-refractivity contribution in [2.75, 3.05) is 14.2 Å². The standard InChI is InChI=1S/C15H21NO5/c1-15(2,3)21-14(18)16-12(13(17)20-5)10-8-6-7-9-11(10)19-4/h6-9,12H,1-5H3,(H,16,18)/t12-/m1/s1. The highest BCUT2D eigenvalue weighted by Gasteiger charge is 2.28. The molecule has 1 aromatic rings. The Balaban J connectivity index is 3.02. The molecular formula is C15H21NO5. The van der Waals surface area contributed by atoms with E-state index in [-0.39, 0.29) is 0 Å². The molecule has 1 amide bonds. The van der Waals surface area contributed by atoms with Gasteiger partial charge >= 0.3 is 12.1 Å². The van der Waals surface area contributed by atoms with Crippen LogP contribution in [-0.2, 0) is 14.3 Å². The summed E-state index contributed by atoms with van der Waals surface area (Å²) >= 11 is 0. The molecule has 0 saturated carbocycles. The molecule has 1 rings (SSSR count). The molecule has 0 fully saturated rings. The van der Waals surface area contributed by atoms with Crippen LogP contribution in [0, 0.1) is 0 Å². The number of hydrogen-bond acceptors (Lipinski definition) is 5. The molecule has 0 radical (unpaired) electrons. The number of carbonyl (C=O) groups is 2. The fourth-order valence-electron chi connectivity index (χ4n) is 1.71. The Kier molecular flexibility index (Phi) is 5.58. The van der Waals surface area contributed by atoms with Crippen LogP contribution < -0.4 is 10.1 Å². The Hall–Kier alpha value is -2.24. The van der Waals surface area contributed by atoms with E-state index in [2.05, 4.69) is 5.32 Å². The van der Waals surface area contributed by atoms with Crippen molar-refractivity contribution < 1.29 is 23.8 Å². The average molecular weight is 295 g/mol. The maximum atomic E-state index is 11.9. The van der Waals surface area contributed by atoms with Gasteiger partial charge in [0, 0.05) is 5.56 Å². The fraction of sp³-hybridized carbons (Fsp3) is 0.467. The van der Waals surface area contributed by atoms with Crippen LogP contribution in [0.1, 0.15) is 32.4 Å². The zero-order chi connectivity index (χ0) is 16.0. The van der Waals surface area contributed by atoms with Crippen LogP contribution in [0.15, 0.2) is 24.3 Å². The molecule has 0 spiro atoms. The topological polar surface area (TPSA) is 73.9 Å². The van der Waals surface area contributed by atoms with Crippen molar-refractivity contribution in [2.45, 2.75) is 32.4 Å². The molecule has 0 aromatic heterocycles. The molecule has 0 bridgehead atoms. The Labute approximate surface area is 124 Å². The monoisotopic (exact) mass is 295 g/mol. The average Bonchev–Trinajstić information content (AvgIpc) is 2.42. The van der Waals surface area contributed by atoms with Gasteiger partial charge in [-0.25, -0.2) is 9.59 Å². The van der Waals surface area contributed by atoms with Crippen molar-refractivity contribution in [3.8, 4) is 5.75 Å². The highest BCUT2D eigenvalue weighted by Crippen LogP contribution is 2.26. The molecule has 0 aliphatic carbocycles. The normalized spacial score (nSPS) is 12.2. The molecule has 21 heavy (non-hydrogen) atoms. The molecule has 0 unspecified atom stereocenters. The summed E-state index contributed by atoms with van der Waals surface area (Å²) in [6, 6.07) is 5.88. The van der Waals surface area contributed by atoms with Crippen LogP contribution in [0.4, 0.5) is 4.79 Å². The van der Waals surface area contributed by atoms with Crippen LogP contribution >= 0.6 is 0 Å². The molecular weight excluding hydrogens is 274 g/mol. The summed E-state index contributed by atoms with van der Waals surface area (Å²) in [6.07, 6.45) is -0.705. The van der Waals surface area contributed by atoms with Crippen LogP contribution in [0.2, 0.25) is 0 Å². The number of hydrogen-bond donors (Lipinski definition) is 1. The number of esters is 1. The summed E-state index contributed by atoms with van der Waals surface area (Å²) in [4.78, 5) is 23.8. The van der Waals surface area contributed by atoms with Gasteiger partial charge in [-0.3, -0.25) is 0 Å². The maximum Gasteiger partial charge on any atom is 0.408 e. The van der Waals surface area contributed by atoms with E-state index >= 15 is 0 Å². The van der Waals surface area contributed by atoms with Crippen LogP contribution in [0.25, 0.3) is 0 Å². The second kappa shape index (κ2) is 6.97. The largest absolute Gasteiger partial charge is 0.496 e. The SMILES string of the molecule is COC(=O)[C@H](NC(=O)OC(C)(C)C)c1ccccc1OC. The molecule has 1 aromatic carbocycles. The van der Waals surface area contributed by atoms with E-state index in [0.717, 1.165) is 0 Å². The van der Waals surface area contributed by atoms with Crippen molar-refractivity contribution in [2.24, 2.45) is 0 Å². The van der Waals surface area contributed by atoms with Crippen LogP contribution in [0.5, 0.6) is 5.75 Å². The number of rotatable bonds is 4. The lowest BCUT2D eigenvalue weighted by atomic mass is 10.1. The van der Waals surface area contributed by atoms with Crippen molar-refractivity contribution in [1.82, 2.24) is 5.32 Å². The summed E-state index contributed by atoms with van der Waals surface area (Å²) in [5, 5.41) is 2.50. The third-order valence-electron chi connectivity index (χ3n) is 2.55. The lowest BCUT2D eigenvalue weighted by molar-refractivity contribution is -0.143. The minimum absolute atomic E-state index is 0.476. The van der Waals surface area contributed by atoms with Crippen molar-refractivity contribution in [3.05, 3.63) is 29.8 Å². The molecule has 0 heterocycles. The summed E-state index contributed by atoms with van der Waals surface area (Å²) in [5.74, 6) is -0.130. The number of benzene rings is 1. The molecule has 1 N–H and O–H groups in total. The second-order valence-corrected chi connectivity index (χ2v) is 5.34. The first-order valence-electron chi connectivity index (χ1n) is 6.48. The number of methoxy groups -OCH3 is 2. The van der Waals surface area contributed by atoms with E-state index in [0.29, 0.717) is 11.3 Å². The van der Waals surface area contributed by atoms with Crippen molar-refractivity contribution in [3.63, 3.8) is 0 Å². The van der Waals surface area contributed by atoms with E-state index in [1.54, 1.807) is 45.0 Å². The Morgan fingerprint density at radius 1 is 1.14 bits per heavy atom. The Morgan fingerprint density at radius 3 is 2.29 bits per heavy atom. The third kappa shape index (κ3) is 4.98. The molecule has 0 saturated heterocycles. The predicted molar refractivity (Wildman–Crippen MR) is 77.1 cm³/mol. The van der Waals surface area contributed by atoms with Crippen LogP contribution in [0.3, 0.4) is 0 Å². The van der Waals surface area contributed by atoms with Gasteiger partial charge in [0.05, 0.1) is 14.2 Å². The Morgan fingerprint density at radius 2 is 1.76 bits per heavy atom. The van der Waals surface area contributed by atoms with Crippen LogP contribution in [-0.4, -0.2) is 31.9 Å². The number of nitrogens with one attached hydrogen (secondary N) is 1. The van der Waals surface area contributed by atoms with Gasteiger partial charge in [0.15, 0.2) is 6.04 Å². The molecule has 0 aliphatic heterocycles. The third-order valence-corrected chi connectivity index (χ3v) is 2.55. The van der Waals surface area contributed by atoms with Gasteiger partial charge in [0.25, 0.3) is 0 Å².